The summed E-state index contributed by atoms with van der Waals surface area (Å²) in [4.78, 5) is 11.6. The van der Waals surface area contributed by atoms with Gasteiger partial charge in [0.05, 0.1) is 0 Å². The van der Waals surface area contributed by atoms with Crippen LogP contribution in [0, 0.1) is 5.92 Å². The highest BCUT2D eigenvalue weighted by molar-refractivity contribution is 7.99. The zero-order valence-corrected chi connectivity index (χ0v) is 10.8. The van der Waals surface area contributed by atoms with Crippen molar-refractivity contribution in [1.29, 1.82) is 0 Å². The van der Waals surface area contributed by atoms with Gasteiger partial charge < -0.3 is 5.32 Å². The number of nitrogens with one attached hydrogen (secondary N) is 2. The number of hydrogen-bond acceptors (Lipinski definition) is 4. The predicted molar refractivity (Wildman–Crippen MR) is 67.4 cm³/mol. The molecule has 2 aliphatic carbocycles. The largest absolute Gasteiger partial charge is 0.344 e. The minimum atomic E-state index is -0.0533. The molecule has 0 aliphatic heterocycles. The molecule has 2 saturated carbocycles. The van der Waals surface area contributed by atoms with E-state index in [1.54, 1.807) is 11.8 Å². The van der Waals surface area contributed by atoms with E-state index in [0.29, 0.717) is 12.1 Å². The van der Waals surface area contributed by atoms with Crippen LogP contribution in [-0.4, -0.2) is 33.6 Å². The summed E-state index contributed by atoms with van der Waals surface area (Å²) in [7, 11) is 2.02. The van der Waals surface area contributed by atoms with Gasteiger partial charge in [0.15, 0.2) is 5.16 Å². The molecule has 1 unspecified atom stereocenters. The van der Waals surface area contributed by atoms with Gasteiger partial charge in [-0.2, -0.15) is 0 Å². The topological polar surface area (TPSA) is 62.7 Å². The van der Waals surface area contributed by atoms with Crippen LogP contribution < -0.4 is 11.0 Å². The summed E-state index contributed by atoms with van der Waals surface area (Å²) in [6, 6.07) is 0.956. The molecule has 1 heterocycles. The van der Waals surface area contributed by atoms with Crippen molar-refractivity contribution in [1.82, 2.24) is 20.1 Å². The van der Waals surface area contributed by atoms with Gasteiger partial charge in [-0.3, -0.25) is 4.57 Å². The molecule has 0 bridgehead atoms. The minimum Gasteiger partial charge on any atom is -0.316 e. The predicted octanol–water partition coefficient (Wildman–Crippen LogP) is 0.996. The van der Waals surface area contributed by atoms with E-state index in [1.807, 2.05) is 11.6 Å². The van der Waals surface area contributed by atoms with Crippen LogP contribution in [0.1, 0.15) is 31.7 Å². The molecule has 3 rings (SSSR count). The second-order valence-corrected chi connectivity index (χ2v) is 5.94. The van der Waals surface area contributed by atoms with Crippen molar-refractivity contribution in [2.75, 3.05) is 12.8 Å². The van der Waals surface area contributed by atoms with E-state index in [2.05, 4.69) is 15.5 Å². The molecule has 0 spiro atoms. The normalized spacial score (nSPS) is 21.7. The Hall–Kier alpha value is -0.750. The molecule has 17 heavy (non-hydrogen) atoms. The standard InChI is InChI=1S/C11H18N4OS/c1-12-9(7-2-3-7)6-17-11-14-13-10(16)15(11)8-4-5-8/h7-9,12H,2-6H2,1H3,(H,13,16). The van der Waals surface area contributed by atoms with Gasteiger partial charge in [-0.15, -0.1) is 5.10 Å². The molecule has 0 aromatic carbocycles. The molecule has 5 nitrogen and oxygen atoms in total. The lowest BCUT2D eigenvalue weighted by Gasteiger charge is -2.14. The van der Waals surface area contributed by atoms with E-state index in [9.17, 15) is 4.79 Å². The molecular formula is C11H18N4OS. The van der Waals surface area contributed by atoms with Gasteiger partial charge in [0.1, 0.15) is 0 Å². The maximum atomic E-state index is 11.6. The first-order valence-corrected chi connectivity index (χ1v) is 7.25. The van der Waals surface area contributed by atoms with E-state index in [0.717, 1.165) is 29.7 Å². The third kappa shape index (κ3) is 2.42. The summed E-state index contributed by atoms with van der Waals surface area (Å²) in [5.74, 6) is 1.82. The summed E-state index contributed by atoms with van der Waals surface area (Å²) >= 11 is 1.70. The summed E-state index contributed by atoms with van der Waals surface area (Å²) in [5.41, 5.74) is -0.0533. The lowest BCUT2D eigenvalue weighted by molar-refractivity contribution is 0.552. The van der Waals surface area contributed by atoms with Crippen molar-refractivity contribution in [3.63, 3.8) is 0 Å². The Labute approximate surface area is 104 Å². The van der Waals surface area contributed by atoms with Gasteiger partial charge in [0, 0.05) is 17.8 Å². The Bertz CT molecular complexity index is 447. The third-order valence-electron chi connectivity index (χ3n) is 3.54. The molecule has 0 radical (unpaired) electrons. The van der Waals surface area contributed by atoms with Crippen LogP contribution in [0.3, 0.4) is 0 Å². The lowest BCUT2D eigenvalue weighted by Crippen LogP contribution is -2.30. The molecule has 1 aromatic rings. The second-order valence-electron chi connectivity index (χ2n) is 4.96. The number of aromatic amines is 1. The molecule has 1 aromatic heterocycles. The van der Waals surface area contributed by atoms with Crippen LogP contribution in [0.4, 0.5) is 0 Å². The Morgan fingerprint density at radius 3 is 2.88 bits per heavy atom. The fourth-order valence-corrected chi connectivity index (χ4v) is 3.41. The van der Waals surface area contributed by atoms with Crippen LogP contribution >= 0.6 is 11.8 Å². The fraction of sp³-hybridized carbons (Fsp3) is 0.818. The number of H-pyrrole nitrogens is 1. The zero-order valence-electron chi connectivity index (χ0n) is 9.98. The Balaban J connectivity index is 1.66. The number of nitrogens with zero attached hydrogens (tertiary/aromatic N) is 2. The third-order valence-corrected chi connectivity index (χ3v) is 4.61. The Morgan fingerprint density at radius 1 is 1.53 bits per heavy atom. The van der Waals surface area contributed by atoms with Crippen LogP contribution in [0.15, 0.2) is 9.95 Å². The average Bonchev–Trinajstić information content (AvgIpc) is 3.21. The lowest BCUT2D eigenvalue weighted by atomic mass is 10.2. The first-order chi connectivity index (χ1) is 8.29. The Kier molecular flexibility index (Phi) is 3.00. The van der Waals surface area contributed by atoms with Gasteiger partial charge in [-0.1, -0.05) is 11.8 Å². The summed E-state index contributed by atoms with van der Waals surface area (Å²) < 4.78 is 1.82. The molecular weight excluding hydrogens is 236 g/mol. The van der Waals surface area contributed by atoms with Crippen molar-refractivity contribution in [2.45, 2.75) is 42.9 Å². The van der Waals surface area contributed by atoms with Crippen LogP contribution in [0.2, 0.25) is 0 Å². The van der Waals surface area contributed by atoms with Crippen molar-refractivity contribution in [3.8, 4) is 0 Å². The first kappa shape index (κ1) is 11.3. The quantitative estimate of drug-likeness (QED) is 0.743. The molecule has 94 valence electrons. The molecule has 1 atom stereocenters. The molecule has 0 amide bonds. The summed E-state index contributed by atoms with van der Waals surface area (Å²) in [6.07, 6.45) is 4.90. The summed E-state index contributed by atoms with van der Waals surface area (Å²) in [6.45, 7) is 0. The number of thioether (sulfide) groups is 1. The van der Waals surface area contributed by atoms with E-state index < -0.39 is 0 Å². The van der Waals surface area contributed by atoms with Gasteiger partial charge in [0.25, 0.3) is 0 Å². The monoisotopic (exact) mass is 254 g/mol. The smallest absolute Gasteiger partial charge is 0.316 e. The second kappa shape index (κ2) is 4.49. The van der Waals surface area contributed by atoms with Crippen molar-refractivity contribution in [3.05, 3.63) is 10.5 Å². The zero-order chi connectivity index (χ0) is 11.8. The molecule has 6 heteroatoms. The van der Waals surface area contributed by atoms with Crippen molar-refractivity contribution >= 4 is 11.8 Å². The highest BCUT2D eigenvalue weighted by Gasteiger charge is 2.32. The highest BCUT2D eigenvalue weighted by Crippen LogP contribution is 2.38. The van der Waals surface area contributed by atoms with E-state index >= 15 is 0 Å². The molecule has 2 fully saturated rings. The summed E-state index contributed by atoms with van der Waals surface area (Å²) in [5, 5.41) is 10.9. The number of aromatic nitrogens is 3. The first-order valence-electron chi connectivity index (χ1n) is 6.26. The maximum absolute atomic E-state index is 11.6. The van der Waals surface area contributed by atoms with Crippen molar-refractivity contribution in [2.24, 2.45) is 5.92 Å². The fourth-order valence-electron chi connectivity index (χ4n) is 2.16. The minimum absolute atomic E-state index is 0.0533. The van der Waals surface area contributed by atoms with Crippen LogP contribution in [0.25, 0.3) is 0 Å². The maximum Gasteiger partial charge on any atom is 0.344 e. The van der Waals surface area contributed by atoms with E-state index in [-0.39, 0.29) is 5.69 Å². The number of hydrogen-bond donors (Lipinski definition) is 2. The van der Waals surface area contributed by atoms with Gasteiger partial charge in [-0.25, -0.2) is 9.89 Å². The number of rotatable bonds is 6. The molecule has 0 saturated heterocycles. The molecule has 2 N–H and O–H groups in total. The van der Waals surface area contributed by atoms with Gasteiger partial charge in [0.2, 0.25) is 0 Å². The van der Waals surface area contributed by atoms with Crippen LogP contribution in [0.5, 0.6) is 0 Å². The van der Waals surface area contributed by atoms with Crippen LogP contribution in [-0.2, 0) is 0 Å². The average molecular weight is 254 g/mol. The van der Waals surface area contributed by atoms with E-state index in [1.165, 1.54) is 12.8 Å². The van der Waals surface area contributed by atoms with Crippen molar-refractivity contribution < 1.29 is 0 Å². The Morgan fingerprint density at radius 2 is 2.29 bits per heavy atom. The van der Waals surface area contributed by atoms with Gasteiger partial charge >= 0.3 is 5.69 Å². The van der Waals surface area contributed by atoms with Gasteiger partial charge in [-0.05, 0) is 38.6 Å². The molecule has 2 aliphatic rings. The van der Waals surface area contributed by atoms with E-state index in [4.69, 9.17) is 0 Å². The SMILES string of the molecule is CNC(CSc1n[nH]c(=O)n1C1CC1)C1CC1. The highest BCUT2D eigenvalue weighted by atomic mass is 32.2.